The van der Waals surface area contributed by atoms with Gasteiger partial charge in [0.05, 0.1) is 6.20 Å². The summed E-state index contributed by atoms with van der Waals surface area (Å²) in [5, 5.41) is 0. The van der Waals surface area contributed by atoms with Crippen molar-refractivity contribution < 1.29 is 13.2 Å². The Hall–Kier alpha value is -1.86. The van der Waals surface area contributed by atoms with Crippen LogP contribution in [0.2, 0.25) is 0 Å². The maximum absolute atomic E-state index is 12.5. The zero-order valence-electron chi connectivity index (χ0n) is 7.58. The number of imidazole rings is 1. The quantitative estimate of drug-likeness (QED) is 0.773. The van der Waals surface area contributed by atoms with Gasteiger partial charge < -0.3 is 5.43 Å². The second kappa shape index (κ2) is 3.07. The Bertz CT molecular complexity index is 449. The van der Waals surface area contributed by atoms with Crippen molar-refractivity contribution in [3.05, 3.63) is 18.3 Å². The predicted molar refractivity (Wildman–Crippen MR) is 44.7 cm³/mol. The fourth-order valence-corrected chi connectivity index (χ4v) is 1.15. The summed E-state index contributed by atoms with van der Waals surface area (Å²) in [6, 6.07) is 0. The number of rotatable bonds is 1. The summed E-state index contributed by atoms with van der Waals surface area (Å²) in [6.07, 6.45) is -2.17. The van der Waals surface area contributed by atoms with E-state index in [-0.39, 0.29) is 5.82 Å². The minimum atomic E-state index is -4.53. The maximum atomic E-state index is 12.5. The first-order valence-corrected chi connectivity index (χ1v) is 3.97. The average molecular weight is 217 g/mol. The van der Waals surface area contributed by atoms with E-state index >= 15 is 0 Å². The van der Waals surface area contributed by atoms with E-state index in [0.29, 0.717) is 5.69 Å². The molecule has 0 bridgehead atoms. The van der Waals surface area contributed by atoms with Crippen LogP contribution in [0.5, 0.6) is 0 Å². The van der Waals surface area contributed by atoms with E-state index < -0.39 is 12.0 Å². The molecule has 2 heterocycles. The van der Waals surface area contributed by atoms with Crippen molar-refractivity contribution in [2.45, 2.75) is 6.18 Å². The van der Waals surface area contributed by atoms with Gasteiger partial charge in [-0.3, -0.25) is 0 Å². The maximum Gasteiger partial charge on any atom is 0.451 e. The zero-order valence-corrected chi connectivity index (χ0v) is 7.58. The molecule has 0 aliphatic carbocycles. The molecule has 0 unspecified atom stereocenters. The van der Waals surface area contributed by atoms with Crippen molar-refractivity contribution in [1.82, 2.24) is 19.6 Å². The molecular formula is C7H6F3N5. The van der Waals surface area contributed by atoms with Gasteiger partial charge in [-0.05, 0) is 0 Å². The van der Waals surface area contributed by atoms with Gasteiger partial charge in [0, 0.05) is 7.05 Å². The third kappa shape index (κ3) is 1.58. The van der Waals surface area contributed by atoms with E-state index in [2.05, 4.69) is 20.4 Å². The van der Waals surface area contributed by atoms with Gasteiger partial charge in [-0.15, -0.1) is 0 Å². The Balaban J connectivity index is 2.67. The average Bonchev–Trinajstić information content (AvgIpc) is 2.60. The fraction of sp³-hybridized carbons (Fsp3) is 0.286. The molecule has 0 saturated carbocycles. The van der Waals surface area contributed by atoms with Crippen molar-refractivity contribution in [1.29, 1.82) is 0 Å². The summed E-state index contributed by atoms with van der Waals surface area (Å²) >= 11 is 0. The van der Waals surface area contributed by atoms with Crippen LogP contribution >= 0.6 is 0 Å². The molecule has 2 aliphatic heterocycles. The molecule has 0 aromatic carbocycles. The standard InChI is InChI=1S/C7H6F3N5/c1-11-15-2-4-5(13-3-12-4)14-6(15)7(8,9)10/h2-3,11H,1H3. The second-order valence-electron chi connectivity index (χ2n) is 2.74. The Morgan fingerprint density at radius 3 is 2.67 bits per heavy atom. The molecule has 5 nitrogen and oxygen atoms in total. The van der Waals surface area contributed by atoms with E-state index in [1.807, 2.05) is 0 Å². The molecular weight excluding hydrogens is 211 g/mol. The first-order chi connectivity index (χ1) is 7.02. The number of hydrogen-bond donors (Lipinski definition) is 1. The molecule has 0 aromatic rings. The van der Waals surface area contributed by atoms with Crippen molar-refractivity contribution >= 4 is 0 Å². The van der Waals surface area contributed by atoms with Gasteiger partial charge in [0.15, 0.2) is 5.82 Å². The lowest BCUT2D eigenvalue weighted by molar-refractivity contribution is -0.147. The molecule has 15 heavy (non-hydrogen) atoms. The van der Waals surface area contributed by atoms with E-state index in [9.17, 15) is 13.2 Å². The Kier molecular flexibility index (Phi) is 1.98. The van der Waals surface area contributed by atoms with Gasteiger partial charge in [-0.1, -0.05) is 0 Å². The molecule has 2 rings (SSSR count). The van der Waals surface area contributed by atoms with Crippen LogP contribution < -0.4 is 5.43 Å². The van der Waals surface area contributed by atoms with Crippen LogP contribution in [-0.2, 0) is 6.18 Å². The van der Waals surface area contributed by atoms with Crippen LogP contribution in [0.1, 0.15) is 5.82 Å². The highest BCUT2D eigenvalue weighted by Gasteiger charge is 2.37. The van der Waals surface area contributed by atoms with Crippen LogP contribution in [0.3, 0.4) is 0 Å². The summed E-state index contributed by atoms with van der Waals surface area (Å²) in [4.78, 5) is 10.7. The third-order valence-electron chi connectivity index (χ3n) is 1.79. The van der Waals surface area contributed by atoms with E-state index in [4.69, 9.17) is 0 Å². The van der Waals surface area contributed by atoms with Gasteiger partial charge in [-0.25, -0.2) is 19.6 Å². The van der Waals surface area contributed by atoms with Gasteiger partial charge in [0.2, 0.25) is 5.82 Å². The van der Waals surface area contributed by atoms with Crippen molar-refractivity contribution in [2.24, 2.45) is 0 Å². The van der Waals surface area contributed by atoms with Gasteiger partial charge in [0.1, 0.15) is 12.0 Å². The number of nitrogens with one attached hydrogen (secondary N) is 1. The van der Waals surface area contributed by atoms with E-state index in [1.165, 1.54) is 13.2 Å². The highest BCUT2D eigenvalue weighted by molar-refractivity contribution is 5.48. The summed E-state index contributed by atoms with van der Waals surface area (Å²) < 4.78 is 38.3. The molecule has 0 amide bonds. The molecule has 1 N–H and O–H groups in total. The van der Waals surface area contributed by atoms with Gasteiger partial charge in [-0.2, -0.15) is 13.2 Å². The number of fused-ring (bicyclic) bond motifs is 1. The molecule has 8 heteroatoms. The van der Waals surface area contributed by atoms with Crippen LogP contribution in [0.4, 0.5) is 13.2 Å². The summed E-state index contributed by atoms with van der Waals surface area (Å²) in [5.74, 6) is -1.08. The Labute approximate surface area is 82.3 Å². The molecule has 0 saturated heterocycles. The Morgan fingerprint density at radius 2 is 2.07 bits per heavy atom. The first-order valence-electron chi connectivity index (χ1n) is 3.97. The monoisotopic (exact) mass is 217 g/mol. The Morgan fingerprint density at radius 1 is 1.33 bits per heavy atom. The third-order valence-corrected chi connectivity index (χ3v) is 1.79. The topological polar surface area (TPSA) is 55.6 Å². The number of alkyl halides is 3. The van der Waals surface area contributed by atoms with E-state index in [1.54, 1.807) is 0 Å². The smallest absolute Gasteiger partial charge is 0.328 e. The largest absolute Gasteiger partial charge is 0.451 e. The van der Waals surface area contributed by atoms with Crippen molar-refractivity contribution in [3.8, 4) is 11.5 Å². The molecule has 0 atom stereocenters. The summed E-state index contributed by atoms with van der Waals surface area (Å²) in [5.41, 5.74) is 2.65. The van der Waals surface area contributed by atoms with Crippen LogP contribution in [-0.4, -0.2) is 26.7 Å². The van der Waals surface area contributed by atoms with Crippen molar-refractivity contribution in [3.63, 3.8) is 0 Å². The van der Waals surface area contributed by atoms with E-state index in [0.717, 1.165) is 11.0 Å². The molecule has 0 spiro atoms. The SMILES string of the molecule is CNn1cc2ncnc-2nc1C(F)(F)F. The zero-order chi connectivity index (χ0) is 11.1. The molecule has 0 fully saturated rings. The lowest BCUT2D eigenvalue weighted by Crippen LogP contribution is -2.24. The lowest BCUT2D eigenvalue weighted by atomic mass is 10.4. The number of halogens is 3. The highest BCUT2D eigenvalue weighted by atomic mass is 19.4. The number of aromatic nitrogens is 4. The second-order valence-corrected chi connectivity index (χ2v) is 2.74. The first kappa shape index (κ1) is 9.69. The fourth-order valence-electron chi connectivity index (χ4n) is 1.15. The number of hydrogen-bond acceptors (Lipinski definition) is 4. The molecule has 0 radical (unpaired) electrons. The minimum Gasteiger partial charge on any atom is -0.328 e. The minimum absolute atomic E-state index is 0.0196. The normalized spacial score (nSPS) is 12.0. The van der Waals surface area contributed by atoms with Crippen LogP contribution in [0.25, 0.3) is 11.5 Å². The highest BCUT2D eigenvalue weighted by Crippen LogP contribution is 2.29. The predicted octanol–water partition coefficient (Wildman–Crippen LogP) is 0.970. The summed E-state index contributed by atoms with van der Waals surface area (Å²) in [7, 11) is 1.36. The lowest BCUT2D eigenvalue weighted by Gasteiger charge is -2.14. The molecule has 80 valence electrons. The van der Waals surface area contributed by atoms with Gasteiger partial charge in [0.25, 0.3) is 0 Å². The van der Waals surface area contributed by atoms with Crippen molar-refractivity contribution in [2.75, 3.05) is 12.5 Å². The van der Waals surface area contributed by atoms with Crippen LogP contribution in [0.15, 0.2) is 12.5 Å². The summed E-state index contributed by atoms with van der Waals surface area (Å²) in [6.45, 7) is 0. The number of nitrogens with zero attached hydrogens (tertiary/aromatic N) is 4. The molecule has 0 aromatic heterocycles. The van der Waals surface area contributed by atoms with Crippen LogP contribution in [0, 0.1) is 0 Å². The van der Waals surface area contributed by atoms with Gasteiger partial charge >= 0.3 is 6.18 Å². The molecule has 2 aliphatic rings.